The number of halogens is 4. The van der Waals surface area contributed by atoms with Crippen LogP contribution in [0.15, 0.2) is 22.6 Å². The summed E-state index contributed by atoms with van der Waals surface area (Å²) in [7, 11) is 0. The fourth-order valence-electron chi connectivity index (χ4n) is 2.44. The van der Waals surface area contributed by atoms with E-state index in [9.17, 15) is 23.1 Å². The van der Waals surface area contributed by atoms with Gasteiger partial charge >= 0.3 is 12.1 Å². The van der Waals surface area contributed by atoms with Crippen LogP contribution < -0.4 is 4.74 Å². The van der Waals surface area contributed by atoms with Crippen molar-refractivity contribution in [3.63, 3.8) is 0 Å². The van der Waals surface area contributed by atoms with E-state index in [1.807, 2.05) is 6.92 Å². The van der Waals surface area contributed by atoms with Gasteiger partial charge in [-0.1, -0.05) is 25.4 Å². The Bertz CT molecular complexity index is 673. The molecule has 1 aliphatic rings. The molecule has 1 N–H and O–H groups in total. The van der Waals surface area contributed by atoms with Crippen molar-refractivity contribution >= 4 is 35.4 Å². The average Bonchev–Trinajstić information content (AvgIpc) is 2.45. The summed E-state index contributed by atoms with van der Waals surface area (Å²) in [5.41, 5.74) is -3.48. The fourth-order valence-corrected chi connectivity index (χ4v) is 3.47. The van der Waals surface area contributed by atoms with Gasteiger partial charge in [-0.2, -0.15) is 13.2 Å². The van der Waals surface area contributed by atoms with Gasteiger partial charge in [-0.3, -0.25) is 0 Å². The average molecular weight is 367 g/mol. The van der Waals surface area contributed by atoms with E-state index in [-0.39, 0.29) is 11.3 Å². The Morgan fingerprint density at radius 3 is 2.52 bits per heavy atom. The Morgan fingerprint density at radius 1 is 1.39 bits per heavy atom. The van der Waals surface area contributed by atoms with Gasteiger partial charge < -0.3 is 9.84 Å². The molecule has 0 saturated heterocycles. The second kappa shape index (κ2) is 6.28. The summed E-state index contributed by atoms with van der Waals surface area (Å²) in [5.74, 6) is -1.00. The van der Waals surface area contributed by atoms with Crippen molar-refractivity contribution in [2.24, 2.45) is 0 Å². The predicted octanol–water partition coefficient (Wildman–Crippen LogP) is 5.02. The normalized spacial score (nSPS) is 20.5. The van der Waals surface area contributed by atoms with E-state index in [0.717, 1.165) is 6.08 Å². The molecule has 0 bridgehead atoms. The lowest BCUT2D eigenvalue weighted by Crippen LogP contribution is -2.54. The summed E-state index contributed by atoms with van der Waals surface area (Å²) in [5, 5.41) is 9.56. The second-order valence-electron chi connectivity index (χ2n) is 4.90. The summed E-state index contributed by atoms with van der Waals surface area (Å²) in [6.07, 6.45) is -4.42. The zero-order valence-corrected chi connectivity index (χ0v) is 13.9. The number of aliphatic carboxylic acids is 1. The molecule has 23 heavy (non-hydrogen) atoms. The Morgan fingerprint density at radius 2 is 2.04 bits per heavy atom. The molecule has 0 aromatic heterocycles. The number of alkyl halides is 3. The number of ether oxygens (including phenoxy) is 1. The van der Waals surface area contributed by atoms with E-state index in [1.54, 1.807) is 0 Å². The molecular weight excluding hydrogens is 353 g/mol. The highest BCUT2D eigenvalue weighted by Gasteiger charge is 2.61. The Balaban J connectivity index is 2.67. The number of thioether (sulfide) groups is 1. The lowest BCUT2D eigenvalue weighted by molar-refractivity contribution is -0.236. The minimum Gasteiger partial charge on any atom is -0.478 e. The van der Waals surface area contributed by atoms with Crippen molar-refractivity contribution in [1.82, 2.24) is 0 Å². The lowest BCUT2D eigenvalue weighted by atomic mass is 9.86. The van der Waals surface area contributed by atoms with Crippen LogP contribution in [0.25, 0.3) is 6.08 Å². The highest BCUT2D eigenvalue weighted by Crippen LogP contribution is 2.48. The summed E-state index contributed by atoms with van der Waals surface area (Å²) in [6.45, 7) is 3.13. The van der Waals surface area contributed by atoms with Gasteiger partial charge in [-0.15, -0.1) is 11.8 Å². The maximum Gasteiger partial charge on any atom is 0.432 e. The minimum absolute atomic E-state index is 0.0190. The van der Waals surface area contributed by atoms with E-state index >= 15 is 0 Å². The van der Waals surface area contributed by atoms with Crippen molar-refractivity contribution in [1.29, 1.82) is 0 Å². The maximum atomic E-state index is 13.6. The molecule has 1 unspecified atom stereocenters. The van der Waals surface area contributed by atoms with Gasteiger partial charge in [0.25, 0.3) is 0 Å². The van der Waals surface area contributed by atoms with Crippen LogP contribution >= 0.6 is 23.4 Å². The zero-order valence-electron chi connectivity index (χ0n) is 12.3. The third-order valence-electron chi connectivity index (χ3n) is 3.57. The molecule has 1 heterocycles. The lowest BCUT2D eigenvalue weighted by Gasteiger charge is -2.38. The summed E-state index contributed by atoms with van der Waals surface area (Å²) in [6, 6.07) is 2.85. The first-order chi connectivity index (χ1) is 10.7. The molecule has 1 aromatic carbocycles. The van der Waals surface area contributed by atoms with Gasteiger partial charge in [-0.25, -0.2) is 4.79 Å². The van der Waals surface area contributed by atoms with Gasteiger partial charge in [0.05, 0.1) is 10.6 Å². The van der Waals surface area contributed by atoms with Crippen molar-refractivity contribution < 1.29 is 27.8 Å². The quantitative estimate of drug-likeness (QED) is 0.760. The molecular formula is C15H14ClF3O3S. The number of carboxylic acids is 1. The molecule has 1 aromatic rings. The Hall–Kier alpha value is -1.34. The van der Waals surface area contributed by atoms with Crippen molar-refractivity contribution in [3.05, 3.63) is 28.3 Å². The van der Waals surface area contributed by atoms with Crippen LogP contribution in [-0.4, -0.2) is 28.6 Å². The number of carbonyl (C=O) groups is 1. The van der Waals surface area contributed by atoms with E-state index in [2.05, 4.69) is 0 Å². The summed E-state index contributed by atoms with van der Waals surface area (Å²) >= 11 is 7.45. The molecule has 1 atom stereocenters. The van der Waals surface area contributed by atoms with Gasteiger partial charge in [-0.05, 0) is 30.4 Å². The van der Waals surface area contributed by atoms with E-state index in [1.165, 1.54) is 30.8 Å². The first-order valence-corrected chi connectivity index (χ1v) is 8.20. The highest BCUT2D eigenvalue weighted by molar-refractivity contribution is 7.99. The van der Waals surface area contributed by atoms with Gasteiger partial charge in [0, 0.05) is 10.5 Å². The van der Waals surface area contributed by atoms with Crippen molar-refractivity contribution in [2.45, 2.75) is 36.9 Å². The maximum absolute atomic E-state index is 13.6. The summed E-state index contributed by atoms with van der Waals surface area (Å²) < 4.78 is 45.9. The molecule has 0 aliphatic carbocycles. The van der Waals surface area contributed by atoms with Crippen LogP contribution in [-0.2, 0) is 4.79 Å². The Labute approximate surface area is 140 Å². The van der Waals surface area contributed by atoms with Gasteiger partial charge in [0.1, 0.15) is 5.75 Å². The largest absolute Gasteiger partial charge is 0.478 e. The minimum atomic E-state index is -4.86. The number of carboxylic acid groups (broad SMARTS) is 1. The molecule has 0 amide bonds. The molecule has 0 saturated carbocycles. The predicted molar refractivity (Wildman–Crippen MR) is 83.2 cm³/mol. The van der Waals surface area contributed by atoms with E-state index < -0.39 is 29.7 Å². The molecule has 2 rings (SSSR count). The Kier molecular flexibility index (Phi) is 4.92. The molecule has 0 fully saturated rings. The number of fused-ring (bicyclic) bond motifs is 1. The van der Waals surface area contributed by atoms with Crippen LogP contribution in [0.1, 0.15) is 25.8 Å². The molecule has 1 aliphatic heterocycles. The standard InChI is InChI=1S/C15H14ClF3O3S/c1-3-14(15(17,18)19)9(13(20)21)5-8-6-10(16)12(23-4-2)7-11(8)22-14/h5-7H,3-4H2,1-2H3,(H,20,21). The highest BCUT2D eigenvalue weighted by atomic mass is 35.5. The number of rotatable bonds is 4. The van der Waals surface area contributed by atoms with E-state index in [0.29, 0.717) is 15.7 Å². The van der Waals surface area contributed by atoms with E-state index in [4.69, 9.17) is 16.3 Å². The zero-order chi connectivity index (χ0) is 17.4. The van der Waals surface area contributed by atoms with Crippen LogP contribution in [0.3, 0.4) is 0 Å². The number of hydrogen-bond donors (Lipinski definition) is 1. The third kappa shape index (κ3) is 3.04. The smallest absolute Gasteiger partial charge is 0.432 e. The number of hydrogen-bond acceptors (Lipinski definition) is 3. The first kappa shape index (κ1) is 18.0. The van der Waals surface area contributed by atoms with Crippen LogP contribution in [0, 0.1) is 0 Å². The monoisotopic (exact) mass is 366 g/mol. The SMILES string of the molecule is CCSc1cc2c(cc1Cl)C=C(C(=O)O)C(CC)(C(F)(F)F)O2. The van der Waals surface area contributed by atoms with Crippen molar-refractivity contribution in [2.75, 3.05) is 5.75 Å². The molecule has 0 spiro atoms. The molecule has 3 nitrogen and oxygen atoms in total. The van der Waals surface area contributed by atoms with Crippen LogP contribution in [0.5, 0.6) is 5.75 Å². The molecule has 8 heteroatoms. The topological polar surface area (TPSA) is 46.5 Å². The second-order valence-corrected chi connectivity index (χ2v) is 6.61. The van der Waals surface area contributed by atoms with Crippen LogP contribution in [0.4, 0.5) is 13.2 Å². The van der Waals surface area contributed by atoms with Crippen LogP contribution in [0.2, 0.25) is 5.02 Å². The number of benzene rings is 1. The third-order valence-corrected chi connectivity index (χ3v) is 4.93. The summed E-state index contributed by atoms with van der Waals surface area (Å²) in [4.78, 5) is 11.9. The van der Waals surface area contributed by atoms with Gasteiger partial charge in [0.15, 0.2) is 0 Å². The fraction of sp³-hybridized carbons (Fsp3) is 0.400. The molecule has 126 valence electrons. The first-order valence-electron chi connectivity index (χ1n) is 6.83. The van der Waals surface area contributed by atoms with Gasteiger partial charge in [0.2, 0.25) is 5.60 Å². The molecule has 0 radical (unpaired) electrons. The van der Waals surface area contributed by atoms with Crippen molar-refractivity contribution in [3.8, 4) is 5.75 Å².